The van der Waals surface area contributed by atoms with Crippen LogP contribution in [-0.4, -0.2) is 44.1 Å². The summed E-state index contributed by atoms with van der Waals surface area (Å²) >= 11 is 0. The molecule has 0 amide bonds. The number of hydrogen-bond donors (Lipinski definition) is 2. The van der Waals surface area contributed by atoms with Gasteiger partial charge in [-0.15, -0.1) is 0 Å². The number of nitrogens with one attached hydrogen (secondary N) is 1. The lowest BCUT2D eigenvalue weighted by molar-refractivity contribution is -0.0588. The van der Waals surface area contributed by atoms with Crippen LogP contribution in [0, 0.1) is 0 Å². The summed E-state index contributed by atoms with van der Waals surface area (Å²) in [6, 6.07) is 0. The van der Waals surface area contributed by atoms with E-state index >= 15 is 0 Å². The minimum Gasteiger partial charge on any atom is -0.388 e. The molecule has 1 saturated heterocycles. The quantitative estimate of drug-likeness (QED) is 0.713. The Kier molecular flexibility index (Phi) is 4.11. The number of sulfonamides is 1. The van der Waals surface area contributed by atoms with Crippen molar-refractivity contribution in [3.8, 4) is 0 Å². The lowest BCUT2D eigenvalue weighted by atomic mass is 9.95. The standard InChI is InChI=1S/C9H19NO4S/c1-8(2)15(12,13)10-7-9(11)3-5-14-6-4-9/h8,10-11H,3-7H2,1-2H3. The fraction of sp³-hybridized carbons (Fsp3) is 1.00. The Balaban J connectivity index is 2.48. The minimum absolute atomic E-state index is 0.0802. The second kappa shape index (κ2) is 4.78. The van der Waals surface area contributed by atoms with E-state index in [1.165, 1.54) is 0 Å². The smallest absolute Gasteiger partial charge is 0.214 e. The fourth-order valence-corrected chi connectivity index (χ4v) is 2.13. The van der Waals surface area contributed by atoms with Gasteiger partial charge in [0.1, 0.15) is 0 Å². The molecular formula is C9H19NO4S. The van der Waals surface area contributed by atoms with Crippen LogP contribution in [0.3, 0.4) is 0 Å². The Bertz CT molecular complexity index is 293. The zero-order chi connectivity index (χ0) is 11.5. The van der Waals surface area contributed by atoms with Crippen LogP contribution in [0.15, 0.2) is 0 Å². The molecule has 0 radical (unpaired) electrons. The van der Waals surface area contributed by atoms with Gasteiger partial charge in [-0.25, -0.2) is 13.1 Å². The molecule has 5 nitrogen and oxygen atoms in total. The van der Waals surface area contributed by atoms with E-state index in [-0.39, 0.29) is 6.54 Å². The highest BCUT2D eigenvalue weighted by Crippen LogP contribution is 2.19. The predicted octanol–water partition coefficient (Wildman–Crippen LogP) is -0.144. The first kappa shape index (κ1) is 12.9. The highest BCUT2D eigenvalue weighted by molar-refractivity contribution is 7.90. The fourth-order valence-electron chi connectivity index (χ4n) is 1.33. The van der Waals surface area contributed by atoms with Gasteiger partial charge in [-0.05, 0) is 13.8 Å². The second-order valence-corrected chi connectivity index (χ2v) is 6.57. The maximum absolute atomic E-state index is 11.5. The van der Waals surface area contributed by atoms with E-state index in [9.17, 15) is 13.5 Å². The maximum Gasteiger partial charge on any atom is 0.214 e. The summed E-state index contributed by atoms with van der Waals surface area (Å²) in [7, 11) is -3.29. The number of hydrogen-bond acceptors (Lipinski definition) is 4. The summed E-state index contributed by atoms with van der Waals surface area (Å²) in [4.78, 5) is 0. The van der Waals surface area contributed by atoms with Crippen molar-refractivity contribution in [2.75, 3.05) is 19.8 Å². The van der Waals surface area contributed by atoms with Gasteiger partial charge in [-0.2, -0.15) is 0 Å². The van der Waals surface area contributed by atoms with Crippen LogP contribution >= 0.6 is 0 Å². The van der Waals surface area contributed by atoms with Crippen molar-refractivity contribution < 1.29 is 18.3 Å². The average molecular weight is 237 g/mol. The lowest BCUT2D eigenvalue weighted by Gasteiger charge is -2.32. The first-order valence-corrected chi connectivity index (χ1v) is 6.69. The van der Waals surface area contributed by atoms with Crippen LogP contribution in [0.5, 0.6) is 0 Å². The van der Waals surface area contributed by atoms with Gasteiger partial charge in [0.25, 0.3) is 0 Å². The van der Waals surface area contributed by atoms with Crippen LogP contribution in [0.4, 0.5) is 0 Å². The molecule has 1 aliphatic rings. The molecule has 0 aromatic carbocycles. The molecule has 0 unspecified atom stereocenters. The first-order chi connectivity index (χ1) is 6.86. The summed E-state index contributed by atoms with van der Waals surface area (Å²) in [5.41, 5.74) is -0.944. The molecule has 90 valence electrons. The van der Waals surface area contributed by atoms with Crippen LogP contribution in [-0.2, 0) is 14.8 Å². The van der Waals surface area contributed by atoms with E-state index in [1.54, 1.807) is 13.8 Å². The van der Waals surface area contributed by atoms with E-state index in [0.29, 0.717) is 26.1 Å². The molecular weight excluding hydrogens is 218 g/mol. The van der Waals surface area contributed by atoms with E-state index in [4.69, 9.17) is 4.74 Å². The van der Waals surface area contributed by atoms with Crippen molar-refractivity contribution in [2.24, 2.45) is 0 Å². The lowest BCUT2D eigenvalue weighted by Crippen LogP contribution is -2.47. The highest BCUT2D eigenvalue weighted by Gasteiger charge is 2.31. The summed E-state index contributed by atoms with van der Waals surface area (Å²) in [6.07, 6.45) is 0.960. The molecule has 6 heteroatoms. The van der Waals surface area contributed by atoms with Crippen LogP contribution in [0.2, 0.25) is 0 Å². The van der Waals surface area contributed by atoms with E-state index in [1.807, 2.05) is 0 Å². The average Bonchev–Trinajstić information content (AvgIpc) is 2.16. The molecule has 0 aliphatic carbocycles. The normalized spacial score (nSPS) is 21.9. The molecule has 0 aromatic heterocycles. The topological polar surface area (TPSA) is 75.6 Å². The molecule has 1 rings (SSSR count). The molecule has 2 N–H and O–H groups in total. The van der Waals surface area contributed by atoms with Gasteiger partial charge in [0.15, 0.2) is 0 Å². The van der Waals surface area contributed by atoms with E-state index < -0.39 is 20.9 Å². The second-order valence-electron chi connectivity index (χ2n) is 4.25. The highest BCUT2D eigenvalue weighted by atomic mass is 32.2. The molecule has 0 saturated carbocycles. The Labute approximate surface area is 90.9 Å². The van der Waals surface area contributed by atoms with Gasteiger partial charge >= 0.3 is 0 Å². The first-order valence-electron chi connectivity index (χ1n) is 5.14. The Morgan fingerprint density at radius 3 is 2.40 bits per heavy atom. The third-order valence-electron chi connectivity index (χ3n) is 2.65. The Hall–Kier alpha value is -0.170. The third kappa shape index (κ3) is 3.71. The van der Waals surface area contributed by atoms with Crippen molar-refractivity contribution in [1.29, 1.82) is 0 Å². The van der Waals surface area contributed by atoms with E-state index in [2.05, 4.69) is 4.72 Å². The zero-order valence-corrected chi connectivity index (χ0v) is 10.0. The van der Waals surface area contributed by atoms with Gasteiger partial charge in [0.2, 0.25) is 10.0 Å². The number of aliphatic hydroxyl groups is 1. The van der Waals surface area contributed by atoms with Crippen molar-refractivity contribution in [2.45, 2.75) is 37.5 Å². The molecule has 15 heavy (non-hydrogen) atoms. The SMILES string of the molecule is CC(C)S(=O)(=O)NCC1(O)CCOCC1. The number of rotatable bonds is 4. The maximum atomic E-state index is 11.5. The third-order valence-corrected chi connectivity index (χ3v) is 4.43. The van der Waals surface area contributed by atoms with Gasteiger partial charge in [-0.1, -0.05) is 0 Å². The molecule has 1 heterocycles. The van der Waals surface area contributed by atoms with Crippen molar-refractivity contribution in [1.82, 2.24) is 4.72 Å². The van der Waals surface area contributed by atoms with Crippen molar-refractivity contribution >= 4 is 10.0 Å². The van der Waals surface area contributed by atoms with Gasteiger partial charge < -0.3 is 9.84 Å². The molecule has 0 atom stereocenters. The van der Waals surface area contributed by atoms with Gasteiger partial charge in [-0.3, -0.25) is 0 Å². The van der Waals surface area contributed by atoms with Crippen LogP contribution < -0.4 is 4.72 Å². The predicted molar refractivity (Wildman–Crippen MR) is 57.1 cm³/mol. The summed E-state index contributed by atoms with van der Waals surface area (Å²) < 4.78 is 30.5. The van der Waals surface area contributed by atoms with Gasteiger partial charge in [0, 0.05) is 32.6 Å². The molecule has 0 bridgehead atoms. The molecule has 1 aliphatic heterocycles. The largest absolute Gasteiger partial charge is 0.388 e. The number of ether oxygens (including phenoxy) is 1. The minimum atomic E-state index is -3.29. The Morgan fingerprint density at radius 2 is 1.93 bits per heavy atom. The summed E-state index contributed by atoms with van der Waals surface area (Å²) in [5.74, 6) is 0. The Morgan fingerprint density at radius 1 is 1.40 bits per heavy atom. The van der Waals surface area contributed by atoms with Crippen molar-refractivity contribution in [3.63, 3.8) is 0 Å². The summed E-state index contributed by atoms with van der Waals surface area (Å²) in [6.45, 7) is 4.27. The molecule has 0 aromatic rings. The molecule has 1 fully saturated rings. The van der Waals surface area contributed by atoms with Crippen molar-refractivity contribution in [3.05, 3.63) is 0 Å². The van der Waals surface area contributed by atoms with Crippen LogP contribution in [0.25, 0.3) is 0 Å². The summed E-state index contributed by atoms with van der Waals surface area (Å²) in [5, 5.41) is 9.54. The van der Waals surface area contributed by atoms with Crippen LogP contribution in [0.1, 0.15) is 26.7 Å². The van der Waals surface area contributed by atoms with E-state index in [0.717, 1.165) is 0 Å². The zero-order valence-electron chi connectivity index (χ0n) is 9.19. The monoisotopic (exact) mass is 237 g/mol. The molecule has 0 spiro atoms. The van der Waals surface area contributed by atoms with Gasteiger partial charge in [0.05, 0.1) is 10.9 Å².